The molecule has 0 spiro atoms. The molecule has 0 bridgehead atoms. The van der Waals surface area contributed by atoms with Crippen molar-refractivity contribution in [3.05, 3.63) is 53.9 Å². The molecule has 1 aromatic carbocycles. The van der Waals surface area contributed by atoms with Crippen LogP contribution in [-0.4, -0.2) is 28.1 Å². The molecule has 2 unspecified atom stereocenters. The van der Waals surface area contributed by atoms with Crippen LogP contribution in [0.2, 0.25) is 0 Å². The van der Waals surface area contributed by atoms with Gasteiger partial charge in [-0.05, 0) is 24.0 Å². The molecular formula is C15H20N2O2. The Hall–Kier alpha value is -1.65. The zero-order valence-corrected chi connectivity index (χ0v) is 11.4. The molecule has 0 fully saturated rings. The van der Waals surface area contributed by atoms with E-state index >= 15 is 0 Å². The molecule has 2 rings (SSSR count). The largest absolute Gasteiger partial charge is 0.390 e. The molecule has 0 radical (unpaired) electrons. The van der Waals surface area contributed by atoms with Crippen LogP contribution in [0.15, 0.2) is 42.7 Å². The molecule has 0 saturated carbocycles. The van der Waals surface area contributed by atoms with Crippen molar-refractivity contribution in [1.82, 2.24) is 9.78 Å². The molecule has 1 heterocycles. The summed E-state index contributed by atoms with van der Waals surface area (Å²) in [6.07, 6.45) is 4.44. The number of aliphatic hydroxyl groups is 1. The van der Waals surface area contributed by atoms with Gasteiger partial charge in [-0.2, -0.15) is 5.10 Å². The zero-order valence-electron chi connectivity index (χ0n) is 11.4. The first-order valence-electron chi connectivity index (χ1n) is 6.44. The molecule has 0 amide bonds. The number of aryl methyl sites for hydroxylation is 2. The number of rotatable bonds is 6. The second kappa shape index (κ2) is 6.50. The van der Waals surface area contributed by atoms with Crippen LogP contribution in [-0.2, 0) is 18.2 Å². The molecule has 2 atom stereocenters. The maximum Gasteiger partial charge on any atom is 0.108 e. The van der Waals surface area contributed by atoms with Crippen LogP contribution in [0.4, 0.5) is 0 Å². The number of hydrogen-bond donors (Lipinski definition) is 1. The summed E-state index contributed by atoms with van der Waals surface area (Å²) in [5.41, 5.74) is 2.13. The fourth-order valence-electron chi connectivity index (χ4n) is 2.22. The van der Waals surface area contributed by atoms with Crippen LogP contribution >= 0.6 is 0 Å². The average molecular weight is 260 g/mol. The summed E-state index contributed by atoms with van der Waals surface area (Å²) in [4.78, 5) is 0. The fourth-order valence-corrected chi connectivity index (χ4v) is 2.22. The van der Waals surface area contributed by atoms with Crippen LogP contribution in [0.1, 0.15) is 23.7 Å². The number of ether oxygens (including phenoxy) is 1. The van der Waals surface area contributed by atoms with Crippen molar-refractivity contribution < 1.29 is 9.84 Å². The lowest BCUT2D eigenvalue weighted by molar-refractivity contribution is -0.0170. The van der Waals surface area contributed by atoms with E-state index in [0.717, 1.165) is 17.5 Å². The van der Waals surface area contributed by atoms with Crippen molar-refractivity contribution in [1.29, 1.82) is 0 Å². The molecule has 19 heavy (non-hydrogen) atoms. The van der Waals surface area contributed by atoms with E-state index in [2.05, 4.69) is 5.10 Å². The molecule has 4 nitrogen and oxygen atoms in total. The van der Waals surface area contributed by atoms with Crippen molar-refractivity contribution in [2.45, 2.75) is 25.0 Å². The Kier molecular flexibility index (Phi) is 4.71. The van der Waals surface area contributed by atoms with Crippen molar-refractivity contribution in [3.8, 4) is 0 Å². The lowest BCUT2D eigenvalue weighted by Crippen LogP contribution is -2.20. The van der Waals surface area contributed by atoms with Gasteiger partial charge in [0, 0.05) is 20.4 Å². The molecule has 0 aliphatic rings. The molecular weight excluding hydrogens is 240 g/mol. The van der Waals surface area contributed by atoms with Gasteiger partial charge in [-0.25, -0.2) is 0 Å². The average Bonchev–Trinajstić information content (AvgIpc) is 2.84. The number of aliphatic hydroxyl groups excluding tert-OH is 1. The predicted molar refractivity (Wildman–Crippen MR) is 73.7 cm³/mol. The highest BCUT2D eigenvalue weighted by atomic mass is 16.5. The van der Waals surface area contributed by atoms with Crippen molar-refractivity contribution in [2.75, 3.05) is 7.11 Å². The predicted octanol–water partition coefficient (Wildman–Crippen LogP) is 2.10. The Labute approximate surface area is 113 Å². The van der Waals surface area contributed by atoms with E-state index in [9.17, 15) is 5.11 Å². The van der Waals surface area contributed by atoms with E-state index in [1.165, 1.54) is 0 Å². The van der Waals surface area contributed by atoms with E-state index in [1.54, 1.807) is 11.8 Å². The summed E-state index contributed by atoms with van der Waals surface area (Å²) in [7, 11) is 3.52. The van der Waals surface area contributed by atoms with Crippen LogP contribution in [0.3, 0.4) is 0 Å². The number of hydrogen-bond acceptors (Lipinski definition) is 3. The summed E-state index contributed by atoms with van der Waals surface area (Å²) in [5.74, 6) is 0. The number of methoxy groups -OCH3 is 1. The van der Waals surface area contributed by atoms with Gasteiger partial charge in [-0.3, -0.25) is 4.68 Å². The second-order valence-corrected chi connectivity index (χ2v) is 4.70. The standard InChI is InChI=1S/C15H20N2O2/c1-17-11-12(10-16-17)8-9-14(18)15(19-2)13-6-4-3-5-7-13/h3-7,10-11,14-15,18H,8-9H2,1-2H3. The third-order valence-electron chi connectivity index (χ3n) is 3.22. The Balaban J connectivity index is 1.95. The highest BCUT2D eigenvalue weighted by molar-refractivity contribution is 5.18. The molecule has 0 saturated heterocycles. The van der Waals surface area contributed by atoms with E-state index in [0.29, 0.717) is 6.42 Å². The van der Waals surface area contributed by atoms with E-state index < -0.39 is 6.10 Å². The third-order valence-corrected chi connectivity index (χ3v) is 3.22. The molecule has 0 aliphatic heterocycles. The number of aromatic nitrogens is 2. The Morgan fingerprint density at radius 2 is 2.05 bits per heavy atom. The monoisotopic (exact) mass is 260 g/mol. The lowest BCUT2D eigenvalue weighted by atomic mass is 9.99. The minimum Gasteiger partial charge on any atom is -0.390 e. The summed E-state index contributed by atoms with van der Waals surface area (Å²) in [6.45, 7) is 0. The maximum absolute atomic E-state index is 10.3. The van der Waals surface area contributed by atoms with Gasteiger partial charge in [0.25, 0.3) is 0 Å². The van der Waals surface area contributed by atoms with Crippen LogP contribution < -0.4 is 0 Å². The molecule has 1 N–H and O–H groups in total. The van der Waals surface area contributed by atoms with Gasteiger partial charge in [0.15, 0.2) is 0 Å². The SMILES string of the molecule is COC(c1ccccc1)C(O)CCc1cnn(C)c1. The molecule has 1 aromatic heterocycles. The van der Waals surface area contributed by atoms with Gasteiger partial charge in [0.2, 0.25) is 0 Å². The Morgan fingerprint density at radius 3 is 2.63 bits per heavy atom. The zero-order chi connectivity index (χ0) is 13.7. The molecule has 2 aromatic rings. The van der Waals surface area contributed by atoms with Crippen LogP contribution in [0, 0.1) is 0 Å². The second-order valence-electron chi connectivity index (χ2n) is 4.70. The Morgan fingerprint density at radius 1 is 1.32 bits per heavy atom. The topological polar surface area (TPSA) is 47.3 Å². The highest BCUT2D eigenvalue weighted by Gasteiger charge is 2.20. The molecule has 102 valence electrons. The smallest absolute Gasteiger partial charge is 0.108 e. The van der Waals surface area contributed by atoms with Gasteiger partial charge < -0.3 is 9.84 Å². The minimum atomic E-state index is -0.521. The maximum atomic E-state index is 10.3. The summed E-state index contributed by atoms with van der Waals surface area (Å²) in [5, 5.41) is 14.4. The van der Waals surface area contributed by atoms with Crippen molar-refractivity contribution >= 4 is 0 Å². The normalized spacial score (nSPS) is 14.3. The number of benzene rings is 1. The highest BCUT2D eigenvalue weighted by Crippen LogP contribution is 2.23. The van der Waals surface area contributed by atoms with E-state index in [4.69, 9.17) is 4.74 Å². The summed E-state index contributed by atoms with van der Waals surface area (Å²) < 4.78 is 7.19. The molecule has 4 heteroatoms. The van der Waals surface area contributed by atoms with E-state index in [-0.39, 0.29) is 6.10 Å². The first-order valence-corrected chi connectivity index (χ1v) is 6.44. The van der Waals surface area contributed by atoms with Crippen molar-refractivity contribution in [2.24, 2.45) is 7.05 Å². The Bertz CT molecular complexity index is 496. The minimum absolute atomic E-state index is 0.280. The van der Waals surface area contributed by atoms with Gasteiger partial charge >= 0.3 is 0 Å². The van der Waals surface area contributed by atoms with Gasteiger partial charge in [0.1, 0.15) is 6.10 Å². The summed E-state index contributed by atoms with van der Waals surface area (Å²) >= 11 is 0. The third kappa shape index (κ3) is 3.66. The summed E-state index contributed by atoms with van der Waals surface area (Å²) in [6, 6.07) is 9.81. The van der Waals surface area contributed by atoms with Gasteiger partial charge in [-0.1, -0.05) is 30.3 Å². The lowest BCUT2D eigenvalue weighted by Gasteiger charge is -2.21. The van der Waals surface area contributed by atoms with Gasteiger partial charge in [-0.15, -0.1) is 0 Å². The van der Waals surface area contributed by atoms with Crippen LogP contribution in [0.25, 0.3) is 0 Å². The van der Waals surface area contributed by atoms with E-state index in [1.807, 2.05) is 49.8 Å². The van der Waals surface area contributed by atoms with Crippen molar-refractivity contribution in [3.63, 3.8) is 0 Å². The van der Waals surface area contributed by atoms with Crippen LogP contribution in [0.5, 0.6) is 0 Å². The first-order chi connectivity index (χ1) is 9.20. The quantitative estimate of drug-likeness (QED) is 0.865. The van der Waals surface area contributed by atoms with Gasteiger partial charge in [0.05, 0.1) is 12.3 Å². The first kappa shape index (κ1) is 13.8. The fraction of sp³-hybridized carbons (Fsp3) is 0.400. The molecule has 0 aliphatic carbocycles. The number of nitrogens with zero attached hydrogens (tertiary/aromatic N) is 2.